The fourth-order valence-corrected chi connectivity index (χ4v) is 3.02. The number of fused-ring (bicyclic) bond motifs is 1. The molecular weight excluding hydrogens is 329 g/mol. The Kier molecular flexibility index (Phi) is 3.95. The van der Waals surface area contributed by atoms with Gasteiger partial charge in [0.1, 0.15) is 18.5 Å². The van der Waals surface area contributed by atoms with Gasteiger partial charge in [-0.25, -0.2) is 5.21 Å². The maximum Gasteiger partial charge on any atom is 0.428 e. The Morgan fingerprint density at radius 1 is 1.29 bits per heavy atom. The first-order valence-corrected chi connectivity index (χ1v) is 7.57. The summed E-state index contributed by atoms with van der Waals surface area (Å²) in [4.78, 5) is 0.0824. The molecule has 2 atom stereocenters. The number of quaternary nitrogens is 1. The number of halogens is 3. The minimum Gasteiger partial charge on any atom is -0.593 e. The Balaban J connectivity index is 2.04. The number of morpholine rings is 1. The van der Waals surface area contributed by atoms with Gasteiger partial charge in [-0.05, 0) is 6.92 Å². The van der Waals surface area contributed by atoms with Crippen LogP contribution in [0.15, 0.2) is 12.1 Å². The number of anilines is 1. The van der Waals surface area contributed by atoms with Crippen molar-refractivity contribution in [3.8, 4) is 5.75 Å². The van der Waals surface area contributed by atoms with Crippen molar-refractivity contribution in [3.63, 3.8) is 0 Å². The minimum atomic E-state index is -4.54. The van der Waals surface area contributed by atoms with Gasteiger partial charge in [-0.1, -0.05) is 0 Å². The summed E-state index contributed by atoms with van der Waals surface area (Å²) < 4.78 is 50.1. The molecule has 6 nitrogen and oxygen atoms in total. The Morgan fingerprint density at radius 2 is 1.92 bits per heavy atom. The summed E-state index contributed by atoms with van der Waals surface area (Å²) in [6.07, 6.45) is -4.94. The molecule has 1 N–H and O–H groups in total. The van der Waals surface area contributed by atoms with E-state index in [4.69, 9.17) is 9.47 Å². The average molecular weight is 348 g/mol. The van der Waals surface area contributed by atoms with E-state index in [0.717, 1.165) is 14.0 Å². The Labute approximate surface area is 137 Å². The predicted octanol–water partition coefficient (Wildman–Crippen LogP) is 2.60. The van der Waals surface area contributed by atoms with E-state index in [0.29, 0.717) is 32.0 Å². The molecule has 1 fully saturated rings. The molecule has 0 saturated carbocycles. The molecule has 1 saturated heterocycles. The summed E-state index contributed by atoms with van der Waals surface area (Å²) in [6, 6.07) is 2.72. The van der Waals surface area contributed by atoms with Crippen molar-refractivity contribution in [3.05, 3.63) is 22.9 Å². The first kappa shape index (κ1) is 17.3. The number of rotatable bonds is 2. The number of benzene rings is 1. The molecule has 134 valence electrons. The fraction of sp³-hybridized carbons (Fsp3) is 0.600. The van der Waals surface area contributed by atoms with E-state index in [1.165, 1.54) is 12.1 Å². The fourth-order valence-electron chi connectivity index (χ4n) is 3.02. The van der Waals surface area contributed by atoms with Gasteiger partial charge >= 0.3 is 6.18 Å². The van der Waals surface area contributed by atoms with E-state index in [1.54, 1.807) is 4.90 Å². The van der Waals surface area contributed by atoms with E-state index < -0.39 is 23.0 Å². The molecule has 2 aliphatic rings. The average Bonchev–Trinajstić information content (AvgIpc) is 2.82. The monoisotopic (exact) mass is 348 g/mol. The minimum absolute atomic E-state index is 0.00863. The van der Waals surface area contributed by atoms with Gasteiger partial charge in [0.15, 0.2) is 5.69 Å². The van der Waals surface area contributed by atoms with Crippen molar-refractivity contribution in [1.82, 2.24) is 4.81 Å². The van der Waals surface area contributed by atoms with Crippen LogP contribution in [0.25, 0.3) is 0 Å². The molecule has 0 aliphatic carbocycles. The molecule has 0 radical (unpaired) electrons. The summed E-state index contributed by atoms with van der Waals surface area (Å²) in [5, 5.41) is 22.0. The lowest BCUT2D eigenvalue weighted by Gasteiger charge is -2.35. The van der Waals surface area contributed by atoms with Gasteiger partial charge in [0.2, 0.25) is 5.60 Å². The number of ether oxygens (including phenoxy) is 2. The molecule has 0 aromatic heterocycles. The Hall–Kier alpha value is -1.55. The van der Waals surface area contributed by atoms with Crippen molar-refractivity contribution in [2.75, 3.05) is 38.3 Å². The predicted molar refractivity (Wildman–Crippen MR) is 81.1 cm³/mol. The highest BCUT2D eigenvalue weighted by Crippen LogP contribution is 2.48. The molecule has 2 aliphatic heterocycles. The second kappa shape index (κ2) is 5.48. The third-order valence-corrected chi connectivity index (χ3v) is 4.42. The second-order valence-corrected chi connectivity index (χ2v) is 6.43. The summed E-state index contributed by atoms with van der Waals surface area (Å²) in [5.41, 5.74) is -1.72. The van der Waals surface area contributed by atoms with Gasteiger partial charge in [0, 0.05) is 37.2 Å². The molecule has 2 unspecified atom stereocenters. The molecule has 1 aromatic rings. The smallest absolute Gasteiger partial charge is 0.428 e. The van der Waals surface area contributed by atoms with Crippen molar-refractivity contribution >= 4 is 11.4 Å². The van der Waals surface area contributed by atoms with Gasteiger partial charge in [-0.2, -0.15) is 18.0 Å². The highest BCUT2D eigenvalue weighted by molar-refractivity contribution is 5.73. The van der Waals surface area contributed by atoms with Gasteiger partial charge in [-0.3, -0.25) is 0 Å². The number of hydrogen-bond donors (Lipinski definition) is 1. The van der Waals surface area contributed by atoms with E-state index in [2.05, 4.69) is 0 Å². The SMILES string of the molecule is CC1(C(F)(F)F)Cc2cc([N+](C)([O-])O)c(N3CCOCC3)cc2O1. The molecular formula is C15H19F3N2O4. The number of hydrogen-bond acceptors (Lipinski definition) is 5. The molecule has 0 spiro atoms. The zero-order chi connectivity index (χ0) is 17.8. The van der Waals surface area contributed by atoms with Crippen LogP contribution in [0, 0.1) is 5.21 Å². The second-order valence-electron chi connectivity index (χ2n) is 6.43. The van der Waals surface area contributed by atoms with Crippen LogP contribution in [0.5, 0.6) is 5.75 Å². The maximum absolute atomic E-state index is 13.2. The van der Waals surface area contributed by atoms with E-state index in [-0.39, 0.29) is 17.0 Å². The lowest BCUT2D eigenvalue weighted by atomic mass is 9.98. The van der Waals surface area contributed by atoms with Crippen LogP contribution in [0.3, 0.4) is 0 Å². The summed E-state index contributed by atoms with van der Waals surface area (Å²) in [6.45, 7) is 2.80. The number of nitrogens with zero attached hydrogens (tertiary/aromatic N) is 2. The quantitative estimate of drug-likeness (QED) is 0.657. The summed E-state index contributed by atoms with van der Waals surface area (Å²) in [5.74, 6) is 0.0912. The third kappa shape index (κ3) is 2.92. The largest absolute Gasteiger partial charge is 0.593 e. The van der Waals surface area contributed by atoms with Crippen LogP contribution < -0.4 is 14.4 Å². The van der Waals surface area contributed by atoms with Crippen molar-refractivity contribution in [2.45, 2.75) is 25.1 Å². The molecule has 3 rings (SSSR count). The Morgan fingerprint density at radius 3 is 2.46 bits per heavy atom. The van der Waals surface area contributed by atoms with Crippen LogP contribution >= 0.6 is 0 Å². The molecule has 0 amide bonds. The molecule has 24 heavy (non-hydrogen) atoms. The van der Waals surface area contributed by atoms with Crippen LogP contribution in [-0.2, 0) is 11.2 Å². The topological polar surface area (TPSA) is 65.0 Å². The first-order chi connectivity index (χ1) is 11.0. The molecule has 1 aromatic carbocycles. The van der Waals surface area contributed by atoms with Crippen molar-refractivity contribution in [2.24, 2.45) is 0 Å². The summed E-state index contributed by atoms with van der Waals surface area (Å²) >= 11 is 0. The van der Waals surface area contributed by atoms with Gasteiger partial charge in [0.05, 0.1) is 13.2 Å². The van der Waals surface area contributed by atoms with Gasteiger partial charge in [-0.15, -0.1) is 0 Å². The summed E-state index contributed by atoms with van der Waals surface area (Å²) in [7, 11) is 1.02. The molecule has 0 bridgehead atoms. The van der Waals surface area contributed by atoms with Crippen molar-refractivity contribution < 1.29 is 27.9 Å². The van der Waals surface area contributed by atoms with Gasteiger partial charge in [0.25, 0.3) is 0 Å². The van der Waals surface area contributed by atoms with E-state index in [9.17, 15) is 23.6 Å². The Bertz CT molecular complexity index is 639. The highest BCUT2D eigenvalue weighted by Gasteiger charge is 2.57. The van der Waals surface area contributed by atoms with Crippen molar-refractivity contribution in [1.29, 1.82) is 0 Å². The molecule has 2 heterocycles. The zero-order valence-electron chi connectivity index (χ0n) is 13.4. The lowest BCUT2D eigenvalue weighted by molar-refractivity contribution is -0.235. The standard InChI is InChI=1S/C15H19F3N2O4/c1-14(15(16,17)18)9-10-7-12(20(2,21)22)11(8-13(10)24-14)19-3-5-23-6-4-19/h7-8,21H,3-6,9H2,1-2H3. The highest BCUT2D eigenvalue weighted by atomic mass is 19.4. The number of hydroxylamine groups is 2. The zero-order valence-corrected chi connectivity index (χ0v) is 13.4. The van der Waals surface area contributed by atoms with Crippen LogP contribution in [0.1, 0.15) is 12.5 Å². The van der Waals surface area contributed by atoms with E-state index >= 15 is 0 Å². The van der Waals surface area contributed by atoms with E-state index in [1.807, 2.05) is 0 Å². The van der Waals surface area contributed by atoms with Crippen LogP contribution in [0.2, 0.25) is 0 Å². The maximum atomic E-state index is 13.2. The number of alkyl halides is 3. The van der Waals surface area contributed by atoms with Crippen LogP contribution in [0.4, 0.5) is 24.5 Å². The molecule has 9 heteroatoms. The van der Waals surface area contributed by atoms with Crippen LogP contribution in [-0.4, -0.2) is 50.3 Å². The normalized spacial score (nSPS) is 26.7. The van der Waals surface area contributed by atoms with Gasteiger partial charge < -0.3 is 19.6 Å². The lowest BCUT2D eigenvalue weighted by Crippen LogP contribution is -2.46. The third-order valence-electron chi connectivity index (χ3n) is 4.42. The first-order valence-electron chi connectivity index (χ1n) is 7.57.